The molecule has 0 radical (unpaired) electrons. The van der Waals surface area contributed by atoms with Gasteiger partial charge in [0.15, 0.2) is 0 Å². The van der Waals surface area contributed by atoms with Gasteiger partial charge in [0, 0.05) is 37.0 Å². The van der Waals surface area contributed by atoms with Crippen molar-refractivity contribution in [2.45, 2.75) is 43.8 Å². The van der Waals surface area contributed by atoms with Crippen molar-refractivity contribution in [3.63, 3.8) is 0 Å². The van der Waals surface area contributed by atoms with Crippen molar-refractivity contribution in [1.82, 2.24) is 29.4 Å². The van der Waals surface area contributed by atoms with Crippen LogP contribution in [0.2, 0.25) is 0 Å². The molecule has 1 aliphatic heterocycles. The van der Waals surface area contributed by atoms with Crippen molar-refractivity contribution < 1.29 is 17.9 Å². The number of para-hydroxylation sites is 1. The first-order chi connectivity index (χ1) is 16.7. The summed E-state index contributed by atoms with van der Waals surface area (Å²) in [5.41, 5.74) is 2.61. The molecule has 4 rings (SSSR count). The second kappa shape index (κ2) is 10.3. The maximum absolute atomic E-state index is 13.2. The number of aromatic nitrogens is 4. The number of piperidine rings is 1. The molecule has 1 N–H and O–H groups in total. The zero-order valence-electron chi connectivity index (χ0n) is 20.7. The lowest BCUT2D eigenvalue weighted by atomic mass is 9.96. The SMILES string of the molecule is COc1cc(-c2cccc(C(C)C)c2Oc2nnc(S(=O)(=O)N3CCC(N(C)C)CC3)[nH]2)ccn1. The summed E-state index contributed by atoms with van der Waals surface area (Å²) < 4.78 is 39.2. The fraction of sp³-hybridized carbons (Fsp3) is 0.458. The molecule has 1 fully saturated rings. The first kappa shape index (κ1) is 25.1. The monoisotopic (exact) mass is 500 g/mol. The number of H-pyrrole nitrogens is 1. The van der Waals surface area contributed by atoms with Crippen molar-refractivity contribution in [3.8, 4) is 28.8 Å². The molecular formula is C24H32N6O4S. The average molecular weight is 501 g/mol. The highest BCUT2D eigenvalue weighted by atomic mass is 32.2. The molecule has 1 saturated heterocycles. The minimum atomic E-state index is -3.80. The molecular weight excluding hydrogens is 468 g/mol. The van der Waals surface area contributed by atoms with E-state index in [0.29, 0.717) is 30.8 Å². The van der Waals surface area contributed by atoms with Gasteiger partial charge in [-0.25, -0.2) is 13.4 Å². The Balaban J connectivity index is 1.63. The standard InChI is InChI=1S/C24H32N6O4S/c1-16(2)19-7-6-8-20(17-9-12-25-21(15-17)33-5)22(19)34-23-26-24(28-27-23)35(31,32)30-13-10-18(11-14-30)29(3)4/h6-9,12,15-16,18H,10-11,13-14H2,1-5H3,(H,26,27,28). The van der Waals surface area contributed by atoms with Crippen molar-refractivity contribution in [3.05, 3.63) is 42.1 Å². The van der Waals surface area contributed by atoms with Crippen molar-refractivity contribution in [2.75, 3.05) is 34.3 Å². The molecule has 0 bridgehead atoms. The molecule has 188 valence electrons. The van der Waals surface area contributed by atoms with E-state index in [1.54, 1.807) is 13.3 Å². The van der Waals surface area contributed by atoms with Gasteiger partial charge in [-0.3, -0.25) is 4.98 Å². The Bertz CT molecular complexity index is 1270. The largest absolute Gasteiger partial charge is 0.481 e. The first-order valence-corrected chi connectivity index (χ1v) is 13.0. The predicted molar refractivity (Wildman–Crippen MR) is 132 cm³/mol. The summed E-state index contributed by atoms with van der Waals surface area (Å²) in [6.07, 6.45) is 3.20. The van der Waals surface area contributed by atoms with Gasteiger partial charge in [-0.2, -0.15) is 4.31 Å². The van der Waals surface area contributed by atoms with E-state index in [-0.39, 0.29) is 17.1 Å². The van der Waals surface area contributed by atoms with Crippen LogP contribution in [-0.2, 0) is 10.0 Å². The minimum absolute atomic E-state index is 0.0159. The first-order valence-electron chi connectivity index (χ1n) is 11.6. The van der Waals surface area contributed by atoms with E-state index >= 15 is 0 Å². The number of rotatable bonds is 8. The third-order valence-corrected chi connectivity index (χ3v) is 8.02. The van der Waals surface area contributed by atoms with Crippen molar-refractivity contribution in [2.24, 2.45) is 0 Å². The number of benzene rings is 1. The maximum atomic E-state index is 13.2. The molecule has 1 aliphatic rings. The highest BCUT2D eigenvalue weighted by molar-refractivity contribution is 7.88. The third-order valence-electron chi connectivity index (χ3n) is 6.30. The number of hydrogen-bond acceptors (Lipinski definition) is 8. The number of sulfonamides is 1. The highest BCUT2D eigenvalue weighted by Gasteiger charge is 2.33. The molecule has 0 unspecified atom stereocenters. The Kier molecular flexibility index (Phi) is 7.39. The zero-order valence-corrected chi connectivity index (χ0v) is 21.5. The van der Waals surface area contributed by atoms with Gasteiger partial charge >= 0.3 is 6.01 Å². The van der Waals surface area contributed by atoms with Gasteiger partial charge in [-0.1, -0.05) is 37.1 Å². The molecule has 2 aromatic heterocycles. The van der Waals surface area contributed by atoms with E-state index in [1.807, 2.05) is 44.4 Å². The Morgan fingerprint density at radius 1 is 1.14 bits per heavy atom. The van der Waals surface area contributed by atoms with Gasteiger partial charge in [0.05, 0.1) is 7.11 Å². The molecule has 0 amide bonds. The molecule has 0 atom stereocenters. The predicted octanol–water partition coefficient (Wildman–Crippen LogP) is 3.51. The lowest BCUT2D eigenvalue weighted by Gasteiger charge is -2.33. The maximum Gasteiger partial charge on any atom is 0.320 e. The van der Waals surface area contributed by atoms with E-state index in [2.05, 4.69) is 38.9 Å². The van der Waals surface area contributed by atoms with Gasteiger partial charge in [-0.05, 0) is 50.0 Å². The van der Waals surface area contributed by atoms with Crippen LogP contribution in [0, 0.1) is 0 Å². The lowest BCUT2D eigenvalue weighted by Crippen LogP contribution is -2.44. The molecule has 10 nitrogen and oxygen atoms in total. The smallest absolute Gasteiger partial charge is 0.320 e. The molecule has 0 aliphatic carbocycles. The fourth-order valence-corrected chi connectivity index (χ4v) is 5.55. The number of hydrogen-bond donors (Lipinski definition) is 1. The third kappa shape index (κ3) is 5.31. The number of nitrogens with zero attached hydrogens (tertiary/aromatic N) is 5. The highest BCUT2D eigenvalue weighted by Crippen LogP contribution is 2.39. The molecule has 3 heterocycles. The summed E-state index contributed by atoms with van der Waals surface area (Å²) in [7, 11) is 1.79. The number of pyridine rings is 1. The average Bonchev–Trinajstić information content (AvgIpc) is 3.33. The van der Waals surface area contributed by atoms with Gasteiger partial charge in [0.1, 0.15) is 5.75 Å². The lowest BCUT2D eigenvalue weighted by molar-refractivity contribution is 0.196. The topological polar surface area (TPSA) is 114 Å². The quantitative estimate of drug-likeness (QED) is 0.500. The minimum Gasteiger partial charge on any atom is -0.481 e. The van der Waals surface area contributed by atoms with Gasteiger partial charge in [0.25, 0.3) is 15.2 Å². The zero-order chi connectivity index (χ0) is 25.2. The van der Waals surface area contributed by atoms with E-state index in [1.165, 1.54) is 4.31 Å². The van der Waals surface area contributed by atoms with Crippen LogP contribution in [0.1, 0.15) is 38.2 Å². The van der Waals surface area contributed by atoms with Gasteiger partial charge in [-0.15, -0.1) is 5.10 Å². The molecule has 11 heteroatoms. The summed E-state index contributed by atoms with van der Waals surface area (Å²) in [5.74, 6) is 1.20. The van der Waals surface area contributed by atoms with Crippen LogP contribution in [0.4, 0.5) is 0 Å². The van der Waals surface area contributed by atoms with E-state index in [9.17, 15) is 8.42 Å². The second-order valence-corrected chi connectivity index (χ2v) is 11.0. The summed E-state index contributed by atoms with van der Waals surface area (Å²) in [6, 6.07) is 9.93. The van der Waals surface area contributed by atoms with E-state index in [0.717, 1.165) is 29.5 Å². The number of nitrogens with one attached hydrogen (secondary N) is 1. The number of ether oxygens (including phenoxy) is 2. The van der Waals surface area contributed by atoms with Gasteiger partial charge < -0.3 is 14.4 Å². The van der Waals surface area contributed by atoms with Crippen LogP contribution in [0.15, 0.2) is 41.7 Å². The van der Waals surface area contributed by atoms with Crippen LogP contribution < -0.4 is 9.47 Å². The van der Waals surface area contributed by atoms with Crippen LogP contribution in [0.5, 0.6) is 17.6 Å². The summed E-state index contributed by atoms with van der Waals surface area (Å²) >= 11 is 0. The van der Waals surface area contributed by atoms with E-state index in [4.69, 9.17) is 9.47 Å². The van der Waals surface area contributed by atoms with Crippen LogP contribution in [0.25, 0.3) is 11.1 Å². The summed E-state index contributed by atoms with van der Waals surface area (Å²) in [6.45, 7) is 5.00. The van der Waals surface area contributed by atoms with Gasteiger partial charge in [0.2, 0.25) is 5.88 Å². The second-order valence-electron chi connectivity index (χ2n) is 9.10. The molecule has 35 heavy (non-hydrogen) atoms. The Morgan fingerprint density at radius 3 is 2.54 bits per heavy atom. The normalized spacial score (nSPS) is 15.6. The Labute approximate surface area is 206 Å². The van der Waals surface area contributed by atoms with Crippen LogP contribution >= 0.6 is 0 Å². The van der Waals surface area contributed by atoms with Crippen molar-refractivity contribution in [1.29, 1.82) is 0 Å². The molecule has 0 spiro atoms. The summed E-state index contributed by atoms with van der Waals surface area (Å²) in [4.78, 5) is 9.09. The molecule has 1 aromatic carbocycles. The van der Waals surface area contributed by atoms with Crippen molar-refractivity contribution >= 4 is 10.0 Å². The Morgan fingerprint density at radius 2 is 1.89 bits per heavy atom. The molecule has 0 saturated carbocycles. The summed E-state index contributed by atoms with van der Waals surface area (Å²) in [5, 5.41) is 7.71. The number of methoxy groups -OCH3 is 1. The van der Waals surface area contributed by atoms with Crippen LogP contribution in [-0.4, -0.2) is 78.1 Å². The van der Waals surface area contributed by atoms with E-state index < -0.39 is 10.0 Å². The van der Waals surface area contributed by atoms with Crippen LogP contribution in [0.3, 0.4) is 0 Å². The molecule has 3 aromatic rings. The number of aromatic amines is 1. The Hall–Kier alpha value is -3.02. The fourth-order valence-electron chi connectivity index (χ4n) is 4.25.